The smallest absolute Gasteiger partial charge is 0.225 e. The van der Waals surface area contributed by atoms with Gasteiger partial charge in [-0.05, 0) is 56.7 Å². The van der Waals surface area contributed by atoms with Crippen LogP contribution in [0.3, 0.4) is 0 Å². The summed E-state index contributed by atoms with van der Waals surface area (Å²) >= 11 is 0. The maximum atomic E-state index is 12.8. The van der Waals surface area contributed by atoms with Crippen LogP contribution in [0.2, 0.25) is 0 Å². The van der Waals surface area contributed by atoms with Gasteiger partial charge in [0.15, 0.2) is 5.96 Å². The molecule has 2 fully saturated rings. The Morgan fingerprint density at radius 3 is 2.71 bits per heavy atom. The maximum absolute atomic E-state index is 12.8. The quantitative estimate of drug-likeness (QED) is 0.312. The molecule has 31 heavy (non-hydrogen) atoms. The lowest BCUT2D eigenvalue weighted by atomic mass is 9.88. The summed E-state index contributed by atoms with van der Waals surface area (Å²) in [6, 6.07) is 6.60. The first-order chi connectivity index (χ1) is 14.6. The summed E-state index contributed by atoms with van der Waals surface area (Å²) in [5.41, 5.74) is 2.37. The van der Waals surface area contributed by atoms with Gasteiger partial charge in [0.2, 0.25) is 5.91 Å². The first-order valence-electron chi connectivity index (χ1n) is 11.6. The highest BCUT2D eigenvalue weighted by Gasteiger charge is 2.31. The molecule has 174 valence electrons. The molecule has 1 saturated carbocycles. The minimum atomic E-state index is 0. The van der Waals surface area contributed by atoms with Crippen molar-refractivity contribution in [2.24, 2.45) is 10.9 Å². The van der Waals surface area contributed by atoms with Crippen LogP contribution < -0.4 is 15.4 Å². The monoisotopic (exact) mass is 542 g/mol. The standard InChI is InChI=1S/C24H38N4O2.HI/c1-4-25-24(26-14-12-19-11-10-18(2)22(16-19)30-3)27-21-13-15-28(17-21)23(29)20-8-6-5-7-9-20;/h10-11,16,20-21H,4-9,12-15,17H2,1-3H3,(H2,25,26,27);1H. The van der Waals surface area contributed by atoms with Gasteiger partial charge in [0.25, 0.3) is 0 Å². The number of aryl methyl sites for hydroxylation is 1. The van der Waals surface area contributed by atoms with Crippen LogP contribution in [0.1, 0.15) is 56.6 Å². The highest BCUT2D eigenvalue weighted by molar-refractivity contribution is 14.0. The zero-order valence-electron chi connectivity index (χ0n) is 19.3. The van der Waals surface area contributed by atoms with E-state index in [4.69, 9.17) is 9.73 Å². The number of amides is 1. The Morgan fingerprint density at radius 2 is 2.00 bits per heavy atom. The number of rotatable bonds is 7. The van der Waals surface area contributed by atoms with Gasteiger partial charge in [-0.3, -0.25) is 9.79 Å². The molecule has 2 N–H and O–H groups in total. The number of nitrogens with zero attached hydrogens (tertiary/aromatic N) is 2. The second-order valence-corrected chi connectivity index (χ2v) is 8.56. The van der Waals surface area contributed by atoms with Gasteiger partial charge in [0.05, 0.1) is 7.11 Å². The van der Waals surface area contributed by atoms with Crippen molar-refractivity contribution >= 4 is 35.8 Å². The first kappa shape index (κ1) is 25.7. The minimum absolute atomic E-state index is 0. The number of hydrogen-bond acceptors (Lipinski definition) is 3. The van der Waals surface area contributed by atoms with Crippen molar-refractivity contribution in [1.82, 2.24) is 15.5 Å². The van der Waals surface area contributed by atoms with Gasteiger partial charge in [-0.2, -0.15) is 0 Å². The molecule has 1 heterocycles. The number of methoxy groups -OCH3 is 1. The van der Waals surface area contributed by atoms with E-state index in [2.05, 4.69) is 47.6 Å². The van der Waals surface area contributed by atoms with Gasteiger partial charge < -0.3 is 20.3 Å². The summed E-state index contributed by atoms with van der Waals surface area (Å²) in [5, 5.41) is 6.89. The lowest BCUT2D eigenvalue weighted by molar-refractivity contribution is -0.135. The fourth-order valence-corrected chi connectivity index (χ4v) is 4.52. The zero-order valence-corrected chi connectivity index (χ0v) is 21.6. The van der Waals surface area contributed by atoms with Gasteiger partial charge >= 0.3 is 0 Å². The molecule has 1 aromatic carbocycles. The highest BCUT2D eigenvalue weighted by atomic mass is 127. The highest BCUT2D eigenvalue weighted by Crippen LogP contribution is 2.26. The van der Waals surface area contributed by atoms with E-state index in [9.17, 15) is 4.79 Å². The van der Waals surface area contributed by atoms with Crippen molar-refractivity contribution in [3.63, 3.8) is 0 Å². The Labute approximate surface area is 204 Å². The number of halogens is 1. The summed E-state index contributed by atoms with van der Waals surface area (Å²) in [7, 11) is 1.71. The number of hydrogen-bond donors (Lipinski definition) is 2. The molecule has 1 saturated heterocycles. The van der Waals surface area contributed by atoms with E-state index in [1.807, 2.05) is 0 Å². The van der Waals surface area contributed by atoms with E-state index >= 15 is 0 Å². The normalized spacial score (nSPS) is 19.6. The minimum Gasteiger partial charge on any atom is -0.496 e. The first-order valence-corrected chi connectivity index (χ1v) is 11.6. The SMILES string of the molecule is CCNC(=NCCc1ccc(C)c(OC)c1)NC1CCN(C(=O)C2CCCCC2)C1.I. The van der Waals surface area contributed by atoms with Gasteiger partial charge in [-0.1, -0.05) is 31.4 Å². The maximum Gasteiger partial charge on any atom is 0.225 e. The van der Waals surface area contributed by atoms with E-state index in [-0.39, 0.29) is 35.9 Å². The predicted octanol–water partition coefficient (Wildman–Crippen LogP) is 3.90. The molecule has 0 aromatic heterocycles. The molecule has 7 heteroatoms. The summed E-state index contributed by atoms with van der Waals surface area (Å²) in [5.74, 6) is 2.39. The van der Waals surface area contributed by atoms with Crippen LogP contribution >= 0.6 is 24.0 Å². The molecule has 1 aromatic rings. The lowest BCUT2D eigenvalue weighted by Gasteiger charge is -2.26. The number of ether oxygens (including phenoxy) is 1. The number of nitrogens with one attached hydrogen (secondary N) is 2. The third-order valence-electron chi connectivity index (χ3n) is 6.28. The van der Waals surface area contributed by atoms with Gasteiger partial charge in [0.1, 0.15) is 5.75 Å². The van der Waals surface area contributed by atoms with E-state index in [1.54, 1.807) is 7.11 Å². The van der Waals surface area contributed by atoms with E-state index in [0.717, 1.165) is 62.6 Å². The molecular formula is C24H39IN4O2. The third-order valence-corrected chi connectivity index (χ3v) is 6.28. The largest absolute Gasteiger partial charge is 0.496 e. The Bertz CT molecular complexity index is 734. The Kier molecular flexibility index (Phi) is 10.9. The molecule has 6 nitrogen and oxygen atoms in total. The van der Waals surface area contributed by atoms with Crippen molar-refractivity contribution < 1.29 is 9.53 Å². The molecule has 2 aliphatic rings. The molecule has 1 atom stereocenters. The van der Waals surface area contributed by atoms with Crippen molar-refractivity contribution in [1.29, 1.82) is 0 Å². The molecule has 3 rings (SSSR count). The molecule has 0 spiro atoms. The summed E-state index contributed by atoms with van der Waals surface area (Å²) < 4.78 is 5.42. The van der Waals surface area contributed by atoms with Crippen LogP contribution in [0, 0.1) is 12.8 Å². The van der Waals surface area contributed by atoms with Crippen molar-refractivity contribution in [2.45, 2.75) is 64.8 Å². The van der Waals surface area contributed by atoms with Crippen LogP contribution in [-0.4, -0.2) is 56.1 Å². The van der Waals surface area contributed by atoms with Crippen molar-refractivity contribution in [2.75, 3.05) is 33.3 Å². The topological polar surface area (TPSA) is 66.0 Å². The second kappa shape index (κ2) is 13.1. The van der Waals surface area contributed by atoms with Gasteiger partial charge in [-0.25, -0.2) is 0 Å². The Hall–Kier alpha value is -1.51. The Balaban J connectivity index is 0.00000341. The van der Waals surface area contributed by atoms with Crippen LogP contribution in [-0.2, 0) is 11.2 Å². The predicted molar refractivity (Wildman–Crippen MR) is 138 cm³/mol. The van der Waals surface area contributed by atoms with E-state index in [1.165, 1.54) is 24.8 Å². The molecule has 1 aliphatic carbocycles. The van der Waals surface area contributed by atoms with Crippen molar-refractivity contribution in [3.8, 4) is 5.75 Å². The van der Waals surface area contributed by atoms with Gasteiger partial charge in [-0.15, -0.1) is 24.0 Å². The average Bonchev–Trinajstić information content (AvgIpc) is 3.23. The van der Waals surface area contributed by atoms with Crippen LogP contribution in [0.15, 0.2) is 23.2 Å². The summed E-state index contributed by atoms with van der Waals surface area (Å²) in [6.45, 7) is 7.30. The van der Waals surface area contributed by atoms with Crippen molar-refractivity contribution in [3.05, 3.63) is 29.3 Å². The number of carbonyl (C=O) groups excluding carboxylic acids is 1. The third kappa shape index (κ3) is 7.54. The number of benzene rings is 1. The fourth-order valence-electron chi connectivity index (χ4n) is 4.52. The lowest BCUT2D eigenvalue weighted by Crippen LogP contribution is -2.45. The van der Waals surface area contributed by atoms with E-state index < -0.39 is 0 Å². The molecule has 0 bridgehead atoms. The molecular weight excluding hydrogens is 503 g/mol. The molecule has 0 radical (unpaired) electrons. The molecule has 1 unspecified atom stereocenters. The van der Waals surface area contributed by atoms with E-state index in [0.29, 0.717) is 12.5 Å². The number of likely N-dealkylation sites (tertiary alicyclic amines) is 1. The Morgan fingerprint density at radius 1 is 1.23 bits per heavy atom. The zero-order chi connectivity index (χ0) is 21.3. The molecule has 1 amide bonds. The number of guanidine groups is 1. The summed E-state index contributed by atoms with van der Waals surface area (Å²) in [4.78, 5) is 19.6. The molecule has 1 aliphatic heterocycles. The fraction of sp³-hybridized carbons (Fsp3) is 0.667. The van der Waals surface area contributed by atoms with Gasteiger partial charge in [0, 0.05) is 38.1 Å². The number of aliphatic imine (C=N–C) groups is 1. The number of carbonyl (C=O) groups is 1. The van der Waals surface area contributed by atoms with Crippen LogP contribution in [0.5, 0.6) is 5.75 Å². The average molecular weight is 543 g/mol. The van der Waals surface area contributed by atoms with Crippen LogP contribution in [0.25, 0.3) is 0 Å². The second-order valence-electron chi connectivity index (χ2n) is 8.56. The summed E-state index contributed by atoms with van der Waals surface area (Å²) in [6.07, 6.45) is 7.68. The van der Waals surface area contributed by atoms with Crippen LogP contribution in [0.4, 0.5) is 0 Å².